The Labute approximate surface area is 146 Å². The summed E-state index contributed by atoms with van der Waals surface area (Å²) < 4.78 is 0. The largest absolute Gasteiger partial charge is 0.348 e. The number of hydrogen-bond acceptors (Lipinski definition) is 4. The van der Waals surface area contributed by atoms with Gasteiger partial charge in [-0.15, -0.1) is 0 Å². The molecular weight excluding hydrogens is 318 g/mol. The molecular formula is C19H21N3O3. The Morgan fingerprint density at radius 3 is 2.60 bits per heavy atom. The van der Waals surface area contributed by atoms with Crippen molar-refractivity contribution in [2.75, 3.05) is 14.1 Å². The summed E-state index contributed by atoms with van der Waals surface area (Å²) in [6.07, 6.45) is 2.77. The number of carbonyl (C=O) groups is 1. The van der Waals surface area contributed by atoms with E-state index in [9.17, 15) is 14.9 Å². The number of nitrogens with one attached hydrogen (secondary N) is 1. The predicted molar refractivity (Wildman–Crippen MR) is 97.8 cm³/mol. The van der Waals surface area contributed by atoms with Gasteiger partial charge in [-0.3, -0.25) is 14.9 Å². The molecule has 1 amide bonds. The molecule has 0 aliphatic carbocycles. The third-order valence-electron chi connectivity index (χ3n) is 3.50. The van der Waals surface area contributed by atoms with Gasteiger partial charge in [0.1, 0.15) is 0 Å². The van der Waals surface area contributed by atoms with Crippen LogP contribution in [0.4, 0.5) is 5.69 Å². The summed E-state index contributed by atoms with van der Waals surface area (Å²) in [5.41, 5.74) is 2.55. The Kier molecular flexibility index (Phi) is 6.42. The first-order valence-electron chi connectivity index (χ1n) is 7.87. The molecule has 0 radical (unpaired) electrons. The normalized spacial score (nSPS) is 11.0. The van der Waals surface area contributed by atoms with E-state index in [0.717, 1.165) is 12.1 Å². The van der Waals surface area contributed by atoms with Crippen LogP contribution in [-0.4, -0.2) is 29.8 Å². The smallest absolute Gasteiger partial charge is 0.276 e. The van der Waals surface area contributed by atoms with Crippen LogP contribution in [0.3, 0.4) is 0 Å². The minimum Gasteiger partial charge on any atom is -0.348 e. The third-order valence-corrected chi connectivity index (χ3v) is 3.50. The van der Waals surface area contributed by atoms with Crippen LogP contribution in [0.2, 0.25) is 0 Å². The van der Waals surface area contributed by atoms with Gasteiger partial charge in [-0.1, -0.05) is 36.4 Å². The molecule has 0 atom stereocenters. The fourth-order valence-corrected chi connectivity index (χ4v) is 2.41. The molecule has 25 heavy (non-hydrogen) atoms. The van der Waals surface area contributed by atoms with Crippen molar-refractivity contribution in [2.45, 2.75) is 13.1 Å². The first kappa shape index (κ1) is 18.4. The van der Waals surface area contributed by atoms with E-state index in [1.54, 1.807) is 18.2 Å². The summed E-state index contributed by atoms with van der Waals surface area (Å²) >= 11 is 0. The number of nitrogens with zero attached hydrogens (tertiary/aromatic N) is 2. The number of rotatable bonds is 7. The summed E-state index contributed by atoms with van der Waals surface area (Å²) in [6, 6.07) is 14.3. The summed E-state index contributed by atoms with van der Waals surface area (Å²) in [6.45, 7) is 1.24. The Balaban J connectivity index is 1.96. The second-order valence-electron chi connectivity index (χ2n) is 5.92. The Morgan fingerprint density at radius 1 is 1.16 bits per heavy atom. The van der Waals surface area contributed by atoms with Crippen LogP contribution < -0.4 is 5.32 Å². The van der Waals surface area contributed by atoms with Crippen LogP contribution in [-0.2, 0) is 17.9 Å². The van der Waals surface area contributed by atoms with Crippen LogP contribution >= 0.6 is 0 Å². The fraction of sp³-hybridized carbons (Fsp3) is 0.211. The summed E-state index contributed by atoms with van der Waals surface area (Å²) in [4.78, 5) is 24.5. The number of nitro groups is 1. The Hall–Kier alpha value is -2.99. The molecule has 0 spiro atoms. The highest BCUT2D eigenvalue weighted by Gasteiger charge is 2.09. The lowest BCUT2D eigenvalue weighted by Crippen LogP contribution is -2.20. The van der Waals surface area contributed by atoms with Crippen molar-refractivity contribution in [2.24, 2.45) is 0 Å². The highest BCUT2D eigenvalue weighted by molar-refractivity contribution is 5.92. The summed E-state index contributed by atoms with van der Waals surface area (Å²) in [5.74, 6) is -0.295. The maximum Gasteiger partial charge on any atom is 0.276 e. The first-order valence-corrected chi connectivity index (χ1v) is 7.87. The van der Waals surface area contributed by atoms with Crippen molar-refractivity contribution in [1.82, 2.24) is 10.2 Å². The minimum atomic E-state index is -0.464. The van der Waals surface area contributed by atoms with Crippen LogP contribution in [0, 0.1) is 10.1 Å². The van der Waals surface area contributed by atoms with Crippen molar-refractivity contribution in [3.8, 4) is 0 Å². The van der Waals surface area contributed by atoms with E-state index in [0.29, 0.717) is 12.1 Å². The van der Waals surface area contributed by atoms with Gasteiger partial charge in [-0.05, 0) is 37.4 Å². The first-order chi connectivity index (χ1) is 12.0. The van der Waals surface area contributed by atoms with Crippen LogP contribution in [0.5, 0.6) is 0 Å². The number of amides is 1. The van der Waals surface area contributed by atoms with Gasteiger partial charge in [-0.25, -0.2) is 0 Å². The van der Waals surface area contributed by atoms with E-state index >= 15 is 0 Å². The van der Waals surface area contributed by atoms with E-state index in [1.165, 1.54) is 23.8 Å². The maximum atomic E-state index is 12.0. The lowest BCUT2D eigenvalue weighted by molar-refractivity contribution is -0.385. The predicted octanol–water partition coefficient (Wildman–Crippen LogP) is 2.99. The summed E-state index contributed by atoms with van der Waals surface area (Å²) in [7, 11) is 4.00. The molecule has 0 saturated carbocycles. The molecule has 130 valence electrons. The van der Waals surface area contributed by atoms with E-state index in [4.69, 9.17) is 0 Å². The molecule has 0 fully saturated rings. The van der Waals surface area contributed by atoms with Crippen LogP contribution in [0.25, 0.3) is 6.08 Å². The van der Waals surface area contributed by atoms with Crippen molar-refractivity contribution in [3.63, 3.8) is 0 Å². The van der Waals surface area contributed by atoms with Gasteiger partial charge in [0.25, 0.3) is 5.69 Å². The molecule has 0 unspecified atom stereocenters. The molecule has 0 aliphatic heterocycles. The zero-order valence-corrected chi connectivity index (χ0v) is 14.3. The van der Waals surface area contributed by atoms with Crippen molar-refractivity contribution >= 4 is 17.7 Å². The molecule has 0 saturated heterocycles. The monoisotopic (exact) mass is 339 g/mol. The second-order valence-corrected chi connectivity index (χ2v) is 5.92. The number of benzene rings is 2. The zero-order valence-electron chi connectivity index (χ0n) is 14.3. The van der Waals surface area contributed by atoms with Gasteiger partial charge in [-0.2, -0.15) is 0 Å². The fourth-order valence-electron chi connectivity index (χ4n) is 2.41. The molecule has 0 aromatic heterocycles. The van der Waals surface area contributed by atoms with Crippen LogP contribution in [0.15, 0.2) is 54.6 Å². The van der Waals surface area contributed by atoms with Gasteiger partial charge in [0, 0.05) is 25.2 Å². The Morgan fingerprint density at radius 2 is 1.88 bits per heavy atom. The SMILES string of the molecule is CN(C)Cc1cccc(CNC(=O)/C=C/c2ccccc2[N+](=O)[O-])c1. The highest BCUT2D eigenvalue weighted by Crippen LogP contribution is 2.18. The average Bonchev–Trinajstić information content (AvgIpc) is 2.58. The van der Waals surface area contributed by atoms with Gasteiger partial charge in [0.15, 0.2) is 0 Å². The quantitative estimate of drug-likeness (QED) is 0.478. The molecule has 2 aromatic rings. The molecule has 1 N–H and O–H groups in total. The van der Waals surface area contributed by atoms with E-state index < -0.39 is 4.92 Å². The van der Waals surface area contributed by atoms with Gasteiger partial charge in [0.05, 0.1) is 10.5 Å². The second kappa shape index (κ2) is 8.75. The standard InChI is InChI=1S/C19H21N3O3/c1-21(2)14-16-7-5-6-15(12-16)13-20-19(23)11-10-17-8-3-4-9-18(17)22(24)25/h3-12H,13-14H2,1-2H3,(H,20,23)/b11-10+. The molecule has 0 aliphatic rings. The highest BCUT2D eigenvalue weighted by atomic mass is 16.6. The van der Waals surface area contributed by atoms with E-state index in [1.807, 2.05) is 38.4 Å². The third kappa shape index (κ3) is 5.86. The van der Waals surface area contributed by atoms with E-state index in [2.05, 4.69) is 10.2 Å². The lowest BCUT2D eigenvalue weighted by atomic mass is 10.1. The van der Waals surface area contributed by atoms with Gasteiger partial charge < -0.3 is 10.2 Å². The van der Waals surface area contributed by atoms with Gasteiger partial charge >= 0.3 is 0 Å². The lowest BCUT2D eigenvalue weighted by Gasteiger charge is -2.11. The molecule has 6 heteroatoms. The number of para-hydroxylation sites is 1. The average molecular weight is 339 g/mol. The van der Waals surface area contributed by atoms with Crippen molar-refractivity contribution < 1.29 is 9.72 Å². The zero-order chi connectivity index (χ0) is 18.2. The molecule has 6 nitrogen and oxygen atoms in total. The number of nitro benzene ring substituents is 1. The molecule has 0 heterocycles. The topological polar surface area (TPSA) is 75.5 Å². The molecule has 2 rings (SSSR count). The summed E-state index contributed by atoms with van der Waals surface area (Å²) in [5, 5.41) is 13.7. The molecule has 2 aromatic carbocycles. The van der Waals surface area contributed by atoms with Crippen molar-refractivity contribution in [3.05, 3.63) is 81.4 Å². The molecule has 0 bridgehead atoms. The van der Waals surface area contributed by atoms with Crippen molar-refractivity contribution in [1.29, 1.82) is 0 Å². The van der Waals surface area contributed by atoms with Crippen LogP contribution in [0.1, 0.15) is 16.7 Å². The Bertz CT molecular complexity index is 785. The maximum absolute atomic E-state index is 12.0. The minimum absolute atomic E-state index is 0.0251. The number of carbonyl (C=O) groups excluding carboxylic acids is 1. The van der Waals surface area contributed by atoms with E-state index in [-0.39, 0.29) is 11.6 Å². The van der Waals surface area contributed by atoms with Gasteiger partial charge in [0.2, 0.25) is 5.91 Å². The number of hydrogen-bond donors (Lipinski definition) is 1.